The van der Waals surface area contributed by atoms with Crippen LogP contribution in [0.15, 0.2) is 48.5 Å². The minimum atomic E-state index is -1.37. The van der Waals surface area contributed by atoms with Crippen LogP contribution in [0.4, 0.5) is 11.4 Å². The fourth-order valence-corrected chi connectivity index (χ4v) is 3.57. The van der Waals surface area contributed by atoms with Crippen molar-refractivity contribution in [2.75, 3.05) is 10.4 Å². The van der Waals surface area contributed by atoms with Gasteiger partial charge in [-0.05, 0) is 51.0 Å². The number of benzene rings is 2. The highest BCUT2D eigenvalue weighted by Crippen LogP contribution is 2.28. The molecule has 0 unspecified atom stereocenters. The van der Waals surface area contributed by atoms with Crippen molar-refractivity contribution < 1.29 is 9.90 Å². The molecule has 0 bridgehead atoms. The second-order valence-corrected chi connectivity index (χ2v) is 8.40. The molecule has 2 aromatic carbocycles. The van der Waals surface area contributed by atoms with Crippen LogP contribution in [0.25, 0.3) is 0 Å². The Morgan fingerprint density at radius 2 is 1.30 bits per heavy atom. The summed E-state index contributed by atoms with van der Waals surface area (Å²) in [6, 6.07) is 15.7. The van der Waals surface area contributed by atoms with E-state index in [9.17, 15) is 9.90 Å². The zero-order valence-corrected chi connectivity index (χ0v) is 19.1. The third-order valence-electron chi connectivity index (χ3n) is 5.57. The van der Waals surface area contributed by atoms with Gasteiger partial charge < -0.3 is 5.11 Å². The Balaban J connectivity index is 2.34. The molecule has 0 aliphatic heterocycles. The summed E-state index contributed by atoms with van der Waals surface area (Å²) < 4.78 is 0. The zero-order valence-electron chi connectivity index (χ0n) is 19.1. The van der Waals surface area contributed by atoms with E-state index in [4.69, 9.17) is 0 Å². The summed E-state index contributed by atoms with van der Waals surface area (Å²) >= 11 is 0. The number of rotatable bonds is 12. The number of nitrogens with zero attached hydrogens (tertiary/aromatic N) is 1. The van der Waals surface area contributed by atoms with E-state index >= 15 is 0 Å². The van der Waals surface area contributed by atoms with Crippen molar-refractivity contribution in [3.05, 3.63) is 59.7 Å². The molecule has 0 saturated heterocycles. The molecule has 164 valence electrons. The van der Waals surface area contributed by atoms with Crippen molar-refractivity contribution in [2.24, 2.45) is 0 Å². The maximum Gasteiger partial charge on any atom is 0.277 e. The van der Waals surface area contributed by atoms with E-state index in [1.807, 2.05) is 62.4 Å². The number of hydrogen-bond donors (Lipinski definition) is 2. The van der Waals surface area contributed by atoms with Gasteiger partial charge in [-0.15, -0.1) is 0 Å². The molecule has 2 N–H and O–H groups in total. The Labute approximate surface area is 182 Å². The third kappa shape index (κ3) is 6.88. The number of aliphatic hydroxyl groups is 1. The molecule has 0 aliphatic rings. The minimum Gasteiger partial charge on any atom is -0.380 e. The Morgan fingerprint density at radius 3 is 1.77 bits per heavy atom. The van der Waals surface area contributed by atoms with Crippen LogP contribution in [0.5, 0.6) is 0 Å². The van der Waals surface area contributed by atoms with Crippen LogP contribution in [0.3, 0.4) is 0 Å². The van der Waals surface area contributed by atoms with Crippen molar-refractivity contribution >= 4 is 17.3 Å². The molecule has 30 heavy (non-hydrogen) atoms. The van der Waals surface area contributed by atoms with Crippen molar-refractivity contribution in [2.45, 2.75) is 84.7 Å². The summed E-state index contributed by atoms with van der Waals surface area (Å²) in [4.78, 5) is 13.7. The summed E-state index contributed by atoms with van der Waals surface area (Å²) in [5, 5.41) is 13.0. The highest BCUT2D eigenvalue weighted by Gasteiger charge is 2.39. The molecule has 0 aromatic heterocycles. The Bertz CT molecular complexity index is 759. The molecule has 0 spiro atoms. The molecule has 0 heterocycles. The van der Waals surface area contributed by atoms with Gasteiger partial charge in [0.15, 0.2) is 0 Å². The number of hydrazine groups is 1. The van der Waals surface area contributed by atoms with E-state index in [1.165, 1.54) is 5.01 Å². The second-order valence-electron chi connectivity index (χ2n) is 8.40. The van der Waals surface area contributed by atoms with Crippen LogP contribution in [-0.4, -0.2) is 16.6 Å². The van der Waals surface area contributed by atoms with Crippen LogP contribution in [-0.2, 0) is 4.79 Å². The monoisotopic (exact) mass is 410 g/mol. The SMILES string of the molecule is CCCCCC(O)(CCCCC)C(=O)N(Nc1ccc(C)cc1)c1ccc(C)cc1. The summed E-state index contributed by atoms with van der Waals surface area (Å²) in [5.41, 5.74) is 5.72. The van der Waals surface area contributed by atoms with Crippen LogP contribution in [0.2, 0.25) is 0 Å². The van der Waals surface area contributed by atoms with E-state index in [1.54, 1.807) is 0 Å². The van der Waals surface area contributed by atoms with Crippen LogP contribution < -0.4 is 10.4 Å². The lowest BCUT2D eigenvalue weighted by molar-refractivity contribution is -0.138. The lowest BCUT2D eigenvalue weighted by Gasteiger charge is -2.34. The van der Waals surface area contributed by atoms with Crippen LogP contribution in [0, 0.1) is 13.8 Å². The van der Waals surface area contributed by atoms with Crippen molar-refractivity contribution in [3.63, 3.8) is 0 Å². The first kappa shape index (κ1) is 23.9. The van der Waals surface area contributed by atoms with E-state index in [2.05, 4.69) is 19.3 Å². The summed E-state index contributed by atoms with van der Waals surface area (Å²) in [5.74, 6) is -0.279. The Morgan fingerprint density at radius 1 is 0.833 bits per heavy atom. The molecule has 2 rings (SSSR count). The molecular weight excluding hydrogens is 372 g/mol. The van der Waals surface area contributed by atoms with Gasteiger partial charge in [0.05, 0.1) is 11.4 Å². The smallest absolute Gasteiger partial charge is 0.277 e. The number of amides is 1. The first-order valence-corrected chi connectivity index (χ1v) is 11.4. The summed E-state index contributed by atoms with van der Waals surface area (Å²) in [6.45, 7) is 8.33. The topological polar surface area (TPSA) is 52.6 Å². The van der Waals surface area contributed by atoms with Gasteiger partial charge in [0.2, 0.25) is 0 Å². The second kappa shape index (κ2) is 11.8. The molecule has 0 atom stereocenters. The number of carbonyl (C=O) groups is 1. The first-order valence-electron chi connectivity index (χ1n) is 11.4. The number of unbranched alkanes of at least 4 members (excludes halogenated alkanes) is 4. The molecule has 0 radical (unpaired) electrons. The van der Waals surface area contributed by atoms with Gasteiger partial charge >= 0.3 is 0 Å². The van der Waals surface area contributed by atoms with Gasteiger partial charge in [0.25, 0.3) is 5.91 Å². The number of nitrogens with one attached hydrogen (secondary N) is 1. The Hall–Kier alpha value is -2.33. The predicted octanol–water partition coefficient (Wildman–Crippen LogP) is 6.56. The average molecular weight is 411 g/mol. The standard InChI is InChI=1S/C26H38N2O2/c1-5-7-9-19-26(30,20-10-8-6-2)25(29)28(24-17-13-22(4)14-18-24)27-23-15-11-21(3)12-16-23/h11-18,27,30H,5-10,19-20H2,1-4H3. The largest absolute Gasteiger partial charge is 0.380 e. The third-order valence-corrected chi connectivity index (χ3v) is 5.57. The van der Waals surface area contributed by atoms with Gasteiger partial charge in [-0.25, -0.2) is 5.01 Å². The average Bonchev–Trinajstić information content (AvgIpc) is 2.74. The van der Waals surface area contributed by atoms with Gasteiger partial charge in [-0.1, -0.05) is 87.8 Å². The number of anilines is 2. The predicted molar refractivity (Wildman–Crippen MR) is 127 cm³/mol. The van der Waals surface area contributed by atoms with Gasteiger partial charge in [0.1, 0.15) is 5.60 Å². The molecular formula is C26H38N2O2. The first-order chi connectivity index (χ1) is 14.4. The van der Waals surface area contributed by atoms with E-state index in [0.717, 1.165) is 61.0 Å². The fourth-order valence-electron chi connectivity index (χ4n) is 3.57. The lowest BCUT2D eigenvalue weighted by atomic mass is 9.89. The molecule has 0 aliphatic carbocycles. The number of aryl methyl sites for hydroxylation is 2. The van der Waals surface area contributed by atoms with E-state index in [-0.39, 0.29) is 5.91 Å². The molecule has 0 fully saturated rings. The van der Waals surface area contributed by atoms with Crippen molar-refractivity contribution in [1.82, 2.24) is 0 Å². The van der Waals surface area contributed by atoms with E-state index < -0.39 is 5.60 Å². The maximum absolute atomic E-state index is 13.7. The molecule has 4 heteroatoms. The minimum absolute atomic E-state index is 0.279. The van der Waals surface area contributed by atoms with Crippen molar-refractivity contribution in [3.8, 4) is 0 Å². The number of carbonyl (C=O) groups excluding carboxylic acids is 1. The molecule has 0 saturated carbocycles. The summed E-state index contributed by atoms with van der Waals surface area (Å²) in [7, 11) is 0. The van der Waals surface area contributed by atoms with Crippen LogP contribution in [0.1, 0.15) is 76.3 Å². The summed E-state index contributed by atoms with van der Waals surface area (Å²) in [6.07, 6.45) is 6.81. The number of hydrogen-bond acceptors (Lipinski definition) is 3. The fraction of sp³-hybridized carbons (Fsp3) is 0.500. The van der Waals surface area contributed by atoms with Gasteiger partial charge in [0, 0.05) is 0 Å². The normalized spacial score (nSPS) is 11.4. The maximum atomic E-state index is 13.7. The highest BCUT2D eigenvalue weighted by molar-refractivity contribution is 6.00. The zero-order chi connectivity index (χ0) is 22.0. The molecule has 4 nitrogen and oxygen atoms in total. The molecule has 1 amide bonds. The Kier molecular flexibility index (Phi) is 9.38. The molecule has 2 aromatic rings. The van der Waals surface area contributed by atoms with Crippen molar-refractivity contribution in [1.29, 1.82) is 0 Å². The highest BCUT2D eigenvalue weighted by atomic mass is 16.3. The van der Waals surface area contributed by atoms with Crippen LogP contribution >= 0.6 is 0 Å². The van der Waals surface area contributed by atoms with Gasteiger partial charge in [-0.3, -0.25) is 10.2 Å². The van der Waals surface area contributed by atoms with Gasteiger partial charge in [-0.2, -0.15) is 0 Å². The lowest BCUT2D eigenvalue weighted by Crippen LogP contribution is -2.51. The van der Waals surface area contributed by atoms with E-state index in [0.29, 0.717) is 12.8 Å². The quantitative estimate of drug-likeness (QED) is 0.308.